The first-order valence-corrected chi connectivity index (χ1v) is 9.34. The molecule has 2 atom stereocenters. The van der Waals surface area contributed by atoms with Crippen molar-refractivity contribution in [2.45, 2.75) is 19.0 Å². The highest BCUT2D eigenvalue weighted by Crippen LogP contribution is 2.31. The van der Waals surface area contributed by atoms with Crippen molar-refractivity contribution in [3.05, 3.63) is 70.2 Å². The third kappa shape index (κ3) is 4.48. The second-order valence-corrected chi connectivity index (χ2v) is 7.49. The Morgan fingerprint density at radius 3 is 2.36 bits per heavy atom. The smallest absolute Gasteiger partial charge is 0.317 e. The fourth-order valence-electron chi connectivity index (χ4n) is 3.56. The Morgan fingerprint density at radius 2 is 1.76 bits per heavy atom. The highest BCUT2D eigenvalue weighted by molar-refractivity contribution is 9.10. The van der Waals surface area contributed by atoms with Crippen LogP contribution in [0.25, 0.3) is 0 Å². The quantitative estimate of drug-likeness (QED) is 0.828. The summed E-state index contributed by atoms with van der Waals surface area (Å²) in [7, 11) is 0. The molecule has 0 aromatic heterocycles. The zero-order valence-electron chi connectivity index (χ0n) is 14.3. The zero-order chi connectivity index (χ0) is 17.8. The third-order valence-corrected chi connectivity index (χ3v) is 5.33. The number of carboxylic acids is 1. The summed E-state index contributed by atoms with van der Waals surface area (Å²) in [5, 5.41) is 9.08. The molecule has 3 rings (SSSR count). The van der Waals surface area contributed by atoms with Crippen molar-refractivity contribution >= 4 is 21.9 Å². The lowest BCUT2D eigenvalue weighted by Gasteiger charge is -2.43. The average Bonchev–Trinajstić information content (AvgIpc) is 2.60. The minimum atomic E-state index is -0.757. The topological polar surface area (TPSA) is 43.8 Å². The standard InChI is InChI=1S/C20H23BrN2O2/c1-15-13-23(12-11-22(15)14-19(24)25)20(16-5-3-2-4-6-16)17-7-9-18(21)10-8-17/h2-10,15,20H,11-14H2,1H3,(H,24,25)/t15?,20-/m1/s1. The van der Waals surface area contributed by atoms with E-state index in [1.807, 2.05) is 11.0 Å². The summed E-state index contributed by atoms with van der Waals surface area (Å²) in [6.45, 7) is 4.70. The van der Waals surface area contributed by atoms with Gasteiger partial charge in [-0.1, -0.05) is 58.4 Å². The fourth-order valence-corrected chi connectivity index (χ4v) is 3.83. The Kier molecular flexibility index (Phi) is 5.89. The number of aliphatic carboxylic acids is 1. The summed E-state index contributed by atoms with van der Waals surface area (Å²) in [5.41, 5.74) is 2.52. The van der Waals surface area contributed by atoms with Gasteiger partial charge in [0.2, 0.25) is 0 Å². The molecule has 0 spiro atoms. The number of rotatable bonds is 5. The van der Waals surface area contributed by atoms with Gasteiger partial charge in [0.15, 0.2) is 0 Å². The molecule has 132 valence electrons. The van der Waals surface area contributed by atoms with E-state index in [9.17, 15) is 4.79 Å². The van der Waals surface area contributed by atoms with E-state index < -0.39 is 5.97 Å². The van der Waals surface area contributed by atoms with Gasteiger partial charge in [0.1, 0.15) is 0 Å². The summed E-state index contributed by atoms with van der Waals surface area (Å²) >= 11 is 3.51. The molecule has 2 aromatic rings. The van der Waals surface area contributed by atoms with Crippen LogP contribution in [0.2, 0.25) is 0 Å². The van der Waals surface area contributed by atoms with Gasteiger partial charge in [0.25, 0.3) is 0 Å². The zero-order valence-corrected chi connectivity index (χ0v) is 15.9. The largest absolute Gasteiger partial charge is 0.480 e. The molecule has 1 heterocycles. The molecule has 1 aliphatic rings. The Hall–Kier alpha value is -1.69. The summed E-state index contributed by atoms with van der Waals surface area (Å²) in [5.74, 6) is -0.757. The molecule has 0 amide bonds. The number of piperazine rings is 1. The van der Waals surface area contributed by atoms with Crippen LogP contribution in [0.3, 0.4) is 0 Å². The van der Waals surface area contributed by atoms with Gasteiger partial charge in [-0.3, -0.25) is 14.6 Å². The molecule has 0 bridgehead atoms. The van der Waals surface area contributed by atoms with Crippen molar-refractivity contribution in [1.29, 1.82) is 0 Å². The Bertz CT molecular complexity index is 705. The molecular formula is C20H23BrN2O2. The lowest BCUT2D eigenvalue weighted by atomic mass is 9.95. The van der Waals surface area contributed by atoms with Gasteiger partial charge in [-0.25, -0.2) is 0 Å². The normalized spacial score (nSPS) is 20.3. The van der Waals surface area contributed by atoms with Crippen LogP contribution in [0.5, 0.6) is 0 Å². The van der Waals surface area contributed by atoms with Gasteiger partial charge in [0.05, 0.1) is 12.6 Å². The summed E-state index contributed by atoms with van der Waals surface area (Å²) in [6, 6.07) is 19.4. The minimum Gasteiger partial charge on any atom is -0.480 e. The van der Waals surface area contributed by atoms with E-state index in [-0.39, 0.29) is 18.6 Å². The Labute approximate surface area is 157 Å². The van der Waals surface area contributed by atoms with E-state index in [1.54, 1.807) is 0 Å². The number of carbonyl (C=O) groups is 1. The first kappa shape index (κ1) is 18.1. The van der Waals surface area contributed by atoms with Crippen LogP contribution in [0.1, 0.15) is 24.1 Å². The molecule has 5 heteroatoms. The van der Waals surface area contributed by atoms with Crippen LogP contribution in [0.15, 0.2) is 59.1 Å². The minimum absolute atomic E-state index is 0.114. The SMILES string of the molecule is CC1CN([C@H](c2ccccc2)c2ccc(Br)cc2)CCN1CC(=O)O. The summed E-state index contributed by atoms with van der Waals surface area (Å²) in [6.07, 6.45) is 0. The van der Waals surface area contributed by atoms with Crippen molar-refractivity contribution in [3.63, 3.8) is 0 Å². The maximum Gasteiger partial charge on any atom is 0.317 e. The van der Waals surface area contributed by atoms with Crippen LogP contribution >= 0.6 is 15.9 Å². The van der Waals surface area contributed by atoms with Crippen molar-refractivity contribution < 1.29 is 9.90 Å². The number of benzene rings is 2. The van der Waals surface area contributed by atoms with Crippen molar-refractivity contribution in [3.8, 4) is 0 Å². The highest BCUT2D eigenvalue weighted by atomic mass is 79.9. The molecule has 1 unspecified atom stereocenters. The lowest BCUT2D eigenvalue weighted by molar-refractivity contribution is -0.139. The van der Waals surface area contributed by atoms with Gasteiger partial charge in [-0.05, 0) is 30.2 Å². The number of carboxylic acid groups (broad SMARTS) is 1. The predicted octanol–water partition coefficient (Wildman–Crippen LogP) is 3.63. The molecule has 4 nitrogen and oxygen atoms in total. The van der Waals surface area contributed by atoms with Crippen molar-refractivity contribution in [1.82, 2.24) is 9.80 Å². The molecule has 0 radical (unpaired) electrons. The predicted molar refractivity (Wildman–Crippen MR) is 103 cm³/mol. The Morgan fingerprint density at radius 1 is 1.12 bits per heavy atom. The fraction of sp³-hybridized carbons (Fsp3) is 0.350. The first-order chi connectivity index (χ1) is 12.0. The van der Waals surface area contributed by atoms with Gasteiger partial charge in [-0.2, -0.15) is 0 Å². The van der Waals surface area contributed by atoms with Crippen LogP contribution in [0, 0.1) is 0 Å². The van der Waals surface area contributed by atoms with Gasteiger partial charge >= 0.3 is 5.97 Å². The maximum atomic E-state index is 11.0. The molecular weight excluding hydrogens is 380 g/mol. The molecule has 1 aliphatic heterocycles. The van der Waals surface area contributed by atoms with Crippen LogP contribution < -0.4 is 0 Å². The van der Waals surface area contributed by atoms with Gasteiger partial charge in [-0.15, -0.1) is 0 Å². The number of nitrogens with zero attached hydrogens (tertiary/aromatic N) is 2. The van der Waals surface area contributed by atoms with E-state index in [4.69, 9.17) is 5.11 Å². The van der Waals surface area contributed by atoms with Crippen LogP contribution in [-0.4, -0.2) is 53.1 Å². The molecule has 0 saturated carbocycles. The van der Waals surface area contributed by atoms with Crippen molar-refractivity contribution in [2.75, 3.05) is 26.2 Å². The monoisotopic (exact) mass is 402 g/mol. The number of hydrogen-bond acceptors (Lipinski definition) is 3. The van der Waals surface area contributed by atoms with Gasteiger partial charge in [0, 0.05) is 30.1 Å². The van der Waals surface area contributed by atoms with E-state index in [0.717, 1.165) is 24.1 Å². The number of halogens is 1. The molecule has 1 saturated heterocycles. The lowest BCUT2D eigenvalue weighted by Crippen LogP contribution is -2.54. The third-order valence-electron chi connectivity index (χ3n) is 4.80. The first-order valence-electron chi connectivity index (χ1n) is 8.55. The van der Waals surface area contributed by atoms with Gasteiger partial charge < -0.3 is 5.11 Å². The van der Waals surface area contributed by atoms with Crippen LogP contribution in [0.4, 0.5) is 0 Å². The summed E-state index contributed by atoms with van der Waals surface area (Å²) in [4.78, 5) is 15.5. The molecule has 0 aliphatic carbocycles. The summed E-state index contributed by atoms with van der Waals surface area (Å²) < 4.78 is 1.07. The van der Waals surface area contributed by atoms with E-state index >= 15 is 0 Å². The Balaban J connectivity index is 1.86. The maximum absolute atomic E-state index is 11.0. The van der Waals surface area contributed by atoms with E-state index in [1.165, 1.54) is 11.1 Å². The van der Waals surface area contributed by atoms with E-state index in [2.05, 4.69) is 76.3 Å². The highest BCUT2D eigenvalue weighted by Gasteiger charge is 2.30. The molecule has 1 fully saturated rings. The van der Waals surface area contributed by atoms with Crippen molar-refractivity contribution in [2.24, 2.45) is 0 Å². The molecule has 1 N–H and O–H groups in total. The second-order valence-electron chi connectivity index (χ2n) is 6.57. The van der Waals surface area contributed by atoms with E-state index in [0.29, 0.717) is 0 Å². The second kappa shape index (κ2) is 8.13. The van der Waals surface area contributed by atoms with Crippen LogP contribution in [-0.2, 0) is 4.79 Å². The average molecular weight is 403 g/mol. The molecule has 2 aromatic carbocycles. The molecule has 25 heavy (non-hydrogen) atoms. The number of hydrogen-bond donors (Lipinski definition) is 1.